The lowest BCUT2D eigenvalue weighted by atomic mass is 10.1. The summed E-state index contributed by atoms with van der Waals surface area (Å²) in [4.78, 5) is 21.2. The van der Waals surface area contributed by atoms with Gasteiger partial charge in [0.15, 0.2) is 0 Å². The summed E-state index contributed by atoms with van der Waals surface area (Å²) in [6, 6.07) is 17.1. The van der Waals surface area contributed by atoms with Gasteiger partial charge in [-0.25, -0.2) is 9.97 Å². The maximum atomic E-state index is 12.5. The number of aryl methyl sites for hydroxylation is 3. The van der Waals surface area contributed by atoms with E-state index >= 15 is 0 Å². The van der Waals surface area contributed by atoms with Crippen molar-refractivity contribution in [1.29, 1.82) is 0 Å². The van der Waals surface area contributed by atoms with E-state index in [1.165, 1.54) is 5.56 Å². The Hall–Kier alpha value is -3.21. The highest BCUT2D eigenvalue weighted by Crippen LogP contribution is 2.17. The molecule has 2 N–H and O–H groups in total. The van der Waals surface area contributed by atoms with Gasteiger partial charge in [0.2, 0.25) is 5.95 Å². The van der Waals surface area contributed by atoms with Gasteiger partial charge in [0.1, 0.15) is 0 Å². The summed E-state index contributed by atoms with van der Waals surface area (Å²) in [6.45, 7) is 5.95. The standard InChI is InChI=1S/C21H22N4O/c1-4-16-8-10-18(11-9-16)24-20(26)17-6-5-7-19(13-17)25-21-22-14(2)12-15(3)23-21/h5-13H,4H2,1-3H3,(H,24,26)(H,22,23,25). The van der Waals surface area contributed by atoms with Crippen molar-refractivity contribution >= 4 is 23.2 Å². The van der Waals surface area contributed by atoms with Crippen molar-refractivity contribution in [3.05, 3.63) is 77.1 Å². The van der Waals surface area contributed by atoms with Crippen LogP contribution < -0.4 is 10.6 Å². The van der Waals surface area contributed by atoms with Crippen LogP contribution in [0.3, 0.4) is 0 Å². The molecule has 5 nitrogen and oxygen atoms in total. The topological polar surface area (TPSA) is 66.9 Å². The van der Waals surface area contributed by atoms with Crippen molar-refractivity contribution in [3.63, 3.8) is 0 Å². The zero-order chi connectivity index (χ0) is 18.5. The molecule has 0 atom stereocenters. The second kappa shape index (κ2) is 7.78. The van der Waals surface area contributed by atoms with Crippen LogP contribution in [0.25, 0.3) is 0 Å². The van der Waals surface area contributed by atoms with Gasteiger partial charge in [-0.2, -0.15) is 0 Å². The summed E-state index contributed by atoms with van der Waals surface area (Å²) in [5.41, 5.74) is 5.14. The van der Waals surface area contributed by atoms with Crippen molar-refractivity contribution in [2.45, 2.75) is 27.2 Å². The third-order valence-corrected chi connectivity index (χ3v) is 3.98. The van der Waals surface area contributed by atoms with Crippen molar-refractivity contribution in [2.75, 3.05) is 10.6 Å². The molecule has 0 aliphatic rings. The monoisotopic (exact) mass is 346 g/mol. The first-order chi connectivity index (χ1) is 12.5. The Morgan fingerprint density at radius 3 is 2.27 bits per heavy atom. The zero-order valence-corrected chi connectivity index (χ0v) is 15.2. The summed E-state index contributed by atoms with van der Waals surface area (Å²) < 4.78 is 0. The Bertz CT molecular complexity index is 899. The number of nitrogens with one attached hydrogen (secondary N) is 2. The lowest BCUT2D eigenvalue weighted by Crippen LogP contribution is -2.12. The largest absolute Gasteiger partial charge is 0.324 e. The molecule has 26 heavy (non-hydrogen) atoms. The van der Waals surface area contributed by atoms with E-state index in [0.29, 0.717) is 11.5 Å². The average Bonchev–Trinajstić information content (AvgIpc) is 2.61. The second-order valence-electron chi connectivity index (χ2n) is 6.18. The third-order valence-electron chi connectivity index (χ3n) is 3.98. The van der Waals surface area contributed by atoms with E-state index in [0.717, 1.165) is 29.2 Å². The molecule has 1 aromatic heterocycles. The number of hydrogen-bond acceptors (Lipinski definition) is 4. The van der Waals surface area contributed by atoms with E-state index in [4.69, 9.17) is 0 Å². The number of anilines is 3. The Kier molecular flexibility index (Phi) is 5.27. The molecule has 2 aromatic carbocycles. The second-order valence-corrected chi connectivity index (χ2v) is 6.18. The van der Waals surface area contributed by atoms with Gasteiger partial charge in [-0.15, -0.1) is 0 Å². The van der Waals surface area contributed by atoms with Crippen molar-refractivity contribution in [3.8, 4) is 0 Å². The number of carbonyl (C=O) groups is 1. The maximum absolute atomic E-state index is 12.5. The van der Waals surface area contributed by atoms with Crippen LogP contribution in [-0.4, -0.2) is 15.9 Å². The van der Waals surface area contributed by atoms with Gasteiger partial charge < -0.3 is 10.6 Å². The molecule has 3 aromatic rings. The van der Waals surface area contributed by atoms with Crippen LogP contribution in [0, 0.1) is 13.8 Å². The van der Waals surface area contributed by atoms with Crippen LogP contribution in [0.5, 0.6) is 0 Å². The van der Waals surface area contributed by atoms with E-state index in [-0.39, 0.29) is 5.91 Å². The molecule has 0 spiro atoms. The van der Waals surface area contributed by atoms with Crippen LogP contribution >= 0.6 is 0 Å². The fourth-order valence-corrected chi connectivity index (χ4v) is 2.68. The molecule has 1 heterocycles. The number of aromatic nitrogens is 2. The molecule has 132 valence electrons. The summed E-state index contributed by atoms with van der Waals surface area (Å²) in [5.74, 6) is 0.370. The summed E-state index contributed by atoms with van der Waals surface area (Å²) in [5, 5.41) is 6.08. The fourth-order valence-electron chi connectivity index (χ4n) is 2.68. The molecule has 0 bridgehead atoms. The number of hydrogen-bond donors (Lipinski definition) is 2. The molecule has 5 heteroatoms. The predicted molar refractivity (Wildman–Crippen MR) is 105 cm³/mol. The van der Waals surface area contributed by atoms with Crippen molar-refractivity contribution < 1.29 is 4.79 Å². The van der Waals surface area contributed by atoms with Gasteiger partial charge in [0, 0.05) is 28.3 Å². The molecule has 0 fully saturated rings. The minimum atomic E-state index is -0.153. The van der Waals surface area contributed by atoms with Gasteiger partial charge >= 0.3 is 0 Å². The Morgan fingerprint density at radius 2 is 1.62 bits per heavy atom. The highest BCUT2D eigenvalue weighted by molar-refractivity contribution is 6.04. The van der Waals surface area contributed by atoms with Crippen molar-refractivity contribution in [2.24, 2.45) is 0 Å². The molecule has 0 radical (unpaired) electrons. The molecular formula is C21H22N4O. The van der Waals surface area contributed by atoms with Crippen LogP contribution in [-0.2, 0) is 6.42 Å². The molecular weight excluding hydrogens is 324 g/mol. The summed E-state index contributed by atoms with van der Waals surface area (Å²) in [6.07, 6.45) is 0.975. The van der Waals surface area contributed by atoms with E-state index < -0.39 is 0 Å². The highest BCUT2D eigenvalue weighted by atomic mass is 16.1. The third kappa shape index (κ3) is 4.45. The normalized spacial score (nSPS) is 10.4. The first kappa shape index (κ1) is 17.6. The average molecular weight is 346 g/mol. The van der Waals surface area contributed by atoms with Crippen LogP contribution in [0.4, 0.5) is 17.3 Å². The van der Waals surface area contributed by atoms with E-state index in [2.05, 4.69) is 27.5 Å². The predicted octanol–water partition coefficient (Wildman–Crippen LogP) is 4.65. The van der Waals surface area contributed by atoms with Crippen LogP contribution in [0.15, 0.2) is 54.6 Å². The van der Waals surface area contributed by atoms with E-state index in [1.54, 1.807) is 12.1 Å². The molecule has 0 unspecified atom stereocenters. The quantitative estimate of drug-likeness (QED) is 0.705. The van der Waals surface area contributed by atoms with Gasteiger partial charge in [-0.05, 0) is 62.2 Å². The molecule has 0 saturated carbocycles. The van der Waals surface area contributed by atoms with Crippen LogP contribution in [0.1, 0.15) is 34.2 Å². The molecule has 0 saturated heterocycles. The van der Waals surface area contributed by atoms with E-state index in [1.807, 2.05) is 56.3 Å². The number of amides is 1. The smallest absolute Gasteiger partial charge is 0.255 e. The lowest BCUT2D eigenvalue weighted by molar-refractivity contribution is 0.102. The van der Waals surface area contributed by atoms with E-state index in [9.17, 15) is 4.79 Å². The first-order valence-corrected chi connectivity index (χ1v) is 8.63. The SMILES string of the molecule is CCc1ccc(NC(=O)c2cccc(Nc3nc(C)cc(C)n3)c2)cc1. The summed E-state index contributed by atoms with van der Waals surface area (Å²) in [7, 11) is 0. The first-order valence-electron chi connectivity index (χ1n) is 8.63. The number of nitrogens with zero attached hydrogens (tertiary/aromatic N) is 2. The minimum absolute atomic E-state index is 0.153. The maximum Gasteiger partial charge on any atom is 0.255 e. The lowest BCUT2D eigenvalue weighted by Gasteiger charge is -2.09. The molecule has 0 aliphatic carbocycles. The van der Waals surface area contributed by atoms with Crippen molar-refractivity contribution in [1.82, 2.24) is 9.97 Å². The Labute approximate surface area is 153 Å². The molecule has 0 aliphatic heterocycles. The van der Waals surface area contributed by atoms with Gasteiger partial charge in [-0.1, -0.05) is 25.1 Å². The molecule has 3 rings (SSSR count). The minimum Gasteiger partial charge on any atom is -0.324 e. The highest BCUT2D eigenvalue weighted by Gasteiger charge is 2.08. The number of rotatable bonds is 5. The van der Waals surface area contributed by atoms with Gasteiger partial charge in [0.05, 0.1) is 0 Å². The number of carbonyl (C=O) groups excluding carboxylic acids is 1. The zero-order valence-electron chi connectivity index (χ0n) is 15.2. The Morgan fingerprint density at radius 1 is 0.923 bits per heavy atom. The fraction of sp³-hybridized carbons (Fsp3) is 0.190. The van der Waals surface area contributed by atoms with Gasteiger partial charge in [-0.3, -0.25) is 4.79 Å². The van der Waals surface area contributed by atoms with Crippen LogP contribution in [0.2, 0.25) is 0 Å². The number of benzene rings is 2. The summed E-state index contributed by atoms with van der Waals surface area (Å²) >= 11 is 0. The molecule has 1 amide bonds. The van der Waals surface area contributed by atoms with Gasteiger partial charge in [0.25, 0.3) is 5.91 Å². The Balaban J connectivity index is 1.74.